The van der Waals surface area contributed by atoms with Crippen LogP contribution in [-0.2, 0) is 22.4 Å². The number of hydrogen-bond acceptors (Lipinski definition) is 5. The van der Waals surface area contributed by atoms with E-state index in [1.54, 1.807) is 7.11 Å². The van der Waals surface area contributed by atoms with E-state index in [4.69, 9.17) is 9.72 Å². The van der Waals surface area contributed by atoms with Crippen molar-refractivity contribution in [3.63, 3.8) is 0 Å². The third kappa shape index (κ3) is 4.26. The Labute approximate surface area is 162 Å². The number of methoxy groups -OCH3 is 1. The van der Waals surface area contributed by atoms with Crippen LogP contribution in [0.1, 0.15) is 62.6 Å². The summed E-state index contributed by atoms with van der Waals surface area (Å²) in [7, 11) is 1.76. The second-order valence-corrected chi connectivity index (χ2v) is 8.29. The zero-order valence-corrected chi connectivity index (χ0v) is 16.5. The SMILES string of the molecule is CO[C@@H]1CC[C@H](C(=O)N2CCCCC2)C[C@H]1Nc1ncc2c(n1)CCCC2. The Morgan fingerprint density at radius 2 is 1.96 bits per heavy atom. The van der Waals surface area contributed by atoms with E-state index >= 15 is 0 Å². The van der Waals surface area contributed by atoms with Gasteiger partial charge in [-0.3, -0.25) is 4.79 Å². The number of hydrogen-bond donors (Lipinski definition) is 1. The Morgan fingerprint density at radius 1 is 1.15 bits per heavy atom. The Balaban J connectivity index is 1.43. The molecule has 6 nitrogen and oxygen atoms in total. The maximum absolute atomic E-state index is 13.0. The van der Waals surface area contributed by atoms with Gasteiger partial charge in [-0.25, -0.2) is 9.97 Å². The summed E-state index contributed by atoms with van der Waals surface area (Å²) in [5, 5.41) is 3.50. The molecule has 2 aliphatic carbocycles. The molecule has 2 heterocycles. The number of anilines is 1. The molecule has 1 saturated heterocycles. The maximum Gasteiger partial charge on any atom is 0.225 e. The number of nitrogens with one attached hydrogen (secondary N) is 1. The van der Waals surface area contributed by atoms with E-state index in [-0.39, 0.29) is 18.1 Å². The minimum absolute atomic E-state index is 0.0872. The highest BCUT2D eigenvalue weighted by atomic mass is 16.5. The second kappa shape index (κ2) is 8.55. The first-order valence-corrected chi connectivity index (χ1v) is 10.7. The molecule has 1 N–H and O–H groups in total. The van der Waals surface area contributed by atoms with E-state index < -0.39 is 0 Å². The van der Waals surface area contributed by atoms with Crippen molar-refractivity contribution in [1.82, 2.24) is 14.9 Å². The molecule has 1 amide bonds. The van der Waals surface area contributed by atoms with Gasteiger partial charge in [-0.15, -0.1) is 0 Å². The van der Waals surface area contributed by atoms with Crippen molar-refractivity contribution in [2.24, 2.45) is 5.92 Å². The van der Waals surface area contributed by atoms with Gasteiger partial charge < -0.3 is 15.0 Å². The minimum atomic E-state index is 0.0872. The zero-order chi connectivity index (χ0) is 18.6. The molecule has 4 rings (SSSR count). The number of rotatable bonds is 4. The van der Waals surface area contributed by atoms with Crippen LogP contribution >= 0.6 is 0 Å². The Bertz CT molecular complexity index is 660. The predicted molar refractivity (Wildman–Crippen MR) is 105 cm³/mol. The molecule has 1 aliphatic heterocycles. The van der Waals surface area contributed by atoms with Crippen LogP contribution in [-0.4, -0.2) is 53.1 Å². The fourth-order valence-electron chi connectivity index (χ4n) is 4.88. The first kappa shape index (κ1) is 18.7. The fraction of sp³-hybridized carbons (Fsp3) is 0.762. The van der Waals surface area contributed by atoms with Gasteiger partial charge in [0.15, 0.2) is 0 Å². The number of nitrogens with zero attached hydrogens (tertiary/aromatic N) is 3. The van der Waals surface area contributed by atoms with Crippen molar-refractivity contribution in [2.75, 3.05) is 25.5 Å². The fourth-order valence-corrected chi connectivity index (χ4v) is 4.88. The van der Waals surface area contributed by atoms with Gasteiger partial charge in [0.05, 0.1) is 12.1 Å². The molecule has 6 heteroatoms. The number of likely N-dealkylation sites (tertiary alicyclic amines) is 1. The van der Waals surface area contributed by atoms with Crippen LogP contribution in [0.5, 0.6) is 0 Å². The number of aryl methyl sites for hydroxylation is 2. The quantitative estimate of drug-likeness (QED) is 0.880. The second-order valence-electron chi connectivity index (χ2n) is 8.29. The molecule has 0 unspecified atom stereocenters. The number of fused-ring (bicyclic) bond motifs is 1. The summed E-state index contributed by atoms with van der Waals surface area (Å²) in [5.74, 6) is 1.11. The van der Waals surface area contributed by atoms with Gasteiger partial charge in [-0.2, -0.15) is 0 Å². The Hall–Kier alpha value is -1.69. The predicted octanol–water partition coefficient (Wildman–Crippen LogP) is 2.96. The van der Waals surface area contributed by atoms with Gasteiger partial charge in [-0.1, -0.05) is 0 Å². The Morgan fingerprint density at radius 3 is 2.78 bits per heavy atom. The number of piperidine rings is 1. The lowest BCUT2D eigenvalue weighted by molar-refractivity contribution is -0.138. The molecule has 2 fully saturated rings. The smallest absolute Gasteiger partial charge is 0.225 e. The summed E-state index contributed by atoms with van der Waals surface area (Å²) >= 11 is 0. The molecule has 0 spiro atoms. The summed E-state index contributed by atoms with van der Waals surface area (Å²) in [4.78, 5) is 24.3. The summed E-state index contributed by atoms with van der Waals surface area (Å²) < 4.78 is 5.72. The molecule has 1 saturated carbocycles. The minimum Gasteiger partial charge on any atom is -0.379 e. The summed E-state index contributed by atoms with van der Waals surface area (Å²) in [5.41, 5.74) is 2.47. The molecule has 0 radical (unpaired) electrons. The van der Waals surface area contributed by atoms with Gasteiger partial charge in [0, 0.05) is 38.0 Å². The standard InChI is InChI=1S/C21H32N4O2/c1-27-19-10-9-15(20(26)25-11-5-2-6-12-25)13-18(19)24-21-22-14-16-7-3-4-8-17(16)23-21/h14-15,18-19H,2-13H2,1H3,(H,22,23,24)/t15-,18+,19+/m0/s1. The lowest BCUT2D eigenvalue weighted by Gasteiger charge is -2.38. The zero-order valence-electron chi connectivity index (χ0n) is 16.5. The maximum atomic E-state index is 13.0. The van der Waals surface area contributed by atoms with Gasteiger partial charge in [0.25, 0.3) is 0 Å². The Kier molecular flexibility index (Phi) is 5.91. The molecule has 148 valence electrons. The number of ether oxygens (including phenoxy) is 1. The van der Waals surface area contributed by atoms with Crippen molar-refractivity contribution in [1.29, 1.82) is 0 Å². The van der Waals surface area contributed by atoms with Crippen LogP contribution in [0.25, 0.3) is 0 Å². The molecule has 3 aliphatic rings. The molecular weight excluding hydrogens is 340 g/mol. The highest BCUT2D eigenvalue weighted by Gasteiger charge is 2.36. The molecule has 0 bridgehead atoms. The largest absolute Gasteiger partial charge is 0.379 e. The van der Waals surface area contributed by atoms with Gasteiger partial charge in [0.2, 0.25) is 11.9 Å². The molecule has 1 aromatic rings. The van der Waals surface area contributed by atoms with Crippen molar-refractivity contribution in [3.05, 3.63) is 17.5 Å². The summed E-state index contributed by atoms with van der Waals surface area (Å²) in [6.45, 7) is 1.85. The van der Waals surface area contributed by atoms with Crippen molar-refractivity contribution < 1.29 is 9.53 Å². The number of carbonyl (C=O) groups excluding carboxylic acids is 1. The van der Waals surface area contributed by atoms with Crippen LogP contribution in [0.4, 0.5) is 5.95 Å². The van der Waals surface area contributed by atoms with Crippen LogP contribution in [0, 0.1) is 5.92 Å². The van der Waals surface area contributed by atoms with E-state index in [1.165, 1.54) is 30.5 Å². The highest BCUT2D eigenvalue weighted by molar-refractivity contribution is 5.79. The number of carbonyl (C=O) groups is 1. The first-order valence-electron chi connectivity index (χ1n) is 10.7. The third-order valence-electron chi connectivity index (χ3n) is 6.48. The van der Waals surface area contributed by atoms with Crippen LogP contribution in [0.15, 0.2) is 6.20 Å². The van der Waals surface area contributed by atoms with Crippen molar-refractivity contribution in [2.45, 2.75) is 76.4 Å². The monoisotopic (exact) mass is 372 g/mol. The molecule has 3 atom stereocenters. The average molecular weight is 373 g/mol. The summed E-state index contributed by atoms with van der Waals surface area (Å²) in [6, 6.07) is 0.0872. The van der Waals surface area contributed by atoms with Gasteiger partial charge >= 0.3 is 0 Å². The van der Waals surface area contributed by atoms with E-state index in [0.717, 1.165) is 58.0 Å². The lowest BCUT2D eigenvalue weighted by Crippen LogP contribution is -2.47. The third-order valence-corrected chi connectivity index (χ3v) is 6.48. The topological polar surface area (TPSA) is 67.3 Å². The van der Waals surface area contributed by atoms with Gasteiger partial charge in [0.1, 0.15) is 0 Å². The molecule has 27 heavy (non-hydrogen) atoms. The van der Waals surface area contributed by atoms with Crippen LogP contribution < -0.4 is 5.32 Å². The average Bonchev–Trinajstić information content (AvgIpc) is 2.73. The van der Waals surface area contributed by atoms with Crippen molar-refractivity contribution in [3.8, 4) is 0 Å². The number of aromatic nitrogens is 2. The lowest BCUT2D eigenvalue weighted by atomic mass is 9.82. The van der Waals surface area contributed by atoms with Crippen LogP contribution in [0.2, 0.25) is 0 Å². The molecular formula is C21H32N4O2. The highest BCUT2D eigenvalue weighted by Crippen LogP contribution is 2.31. The van der Waals surface area contributed by atoms with E-state index in [1.807, 2.05) is 6.20 Å². The first-order chi connectivity index (χ1) is 13.2. The molecule has 1 aromatic heterocycles. The van der Waals surface area contributed by atoms with E-state index in [2.05, 4.69) is 15.2 Å². The normalized spacial score (nSPS) is 28.5. The van der Waals surface area contributed by atoms with Gasteiger partial charge in [-0.05, 0) is 69.8 Å². The van der Waals surface area contributed by atoms with Crippen LogP contribution in [0.3, 0.4) is 0 Å². The van der Waals surface area contributed by atoms with E-state index in [0.29, 0.717) is 11.9 Å². The van der Waals surface area contributed by atoms with Crippen molar-refractivity contribution >= 4 is 11.9 Å². The summed E-state index contributed by atoms with van der Waals surface area (Å²) in [6.07, 6.45) is 12.8. The molecule has 0 aromatic carbocycles. The van der Waals surface area contributed by atoms with E-state index in [9.17, 15) is 4.79 Å². The number of amides is 1.